The van der Waals surface area contributed by atoms with Crippen LogP contribution in [0.5, 0.6) is 0 Å². The van der Waals surface area contributed by atoms with Crippen molar-refractivity contribution in [1.29, 1.82) is 0 Å². The fraction of sp³-hybridized carbons (Fsp3) is 0.750. The van der Waals surface area contributed by atoms with E-state index in [4.69, 9.17) is 18.9 Å². The van der Waals surface area contributed by atoms with Crippen LogP contribution in [-0.2, 0) is 15.9 Å². The minimum Gasteiger partial charge on any atom is -0.469 e. The van der Waals surface area contributed by atoms with Crippen LogP contribution >= 0.6 is 24.0 Å². The van der Waals surface area contributed by atoms with Gasteiger partial charge in [0.15, 0.2) is 5.96 Å². The van der Waals surface area contributed by atoms with Gasteiger partial charge < -0.3 is 29.4 Å². The van der Waals surface area contributed by atoms with Gasteiger partial charge in [-0.05, 0) is 44.9 Å². The maximum Gasteiger partial charge on any atom is 0.191 e. The summed E-state index contributed by atoms with van der Waals surface area (Å²) >= 11 is 0. The van der Waals surface area contributed by atoms with Crippen molar-refractivity contribution in [1.82, 2.24) is 15.5 Å². The highest BCUT2D eigenvalue weighted by Crippen LogP contribution is 2.12. The fourth-order valence-corrected chi connectivity index (χ4v) is 3.03. The van der Waals surface area contributed by atoms with Gasteiger partial charge in [0.1, 0.15) is 5.76 Å². The topological polar surface area (TPSA) is 71.3 Å². The van der Waals surface area contributed by atoms with Gasteiger partial charge in [0, 0.05) is 52.9 Å². The van der Waals surface area contributed by atoms with E-state index in [1.54, 1.807) is 13.4 Å². The Balaban J connectivity index is 0.00000392. The van der Waals surface area contributed by atoms with Gasteiger partial charge in [0.05, 0.1) is 18.9 Å². The van der Waals surface area contributed by atoms with Gasteiger partial charge in [-0.15, -0.1) is 24.0 Å². The molecule has 1 unspecified atom stereocenters. The average molecular weight is 508 g/mol. The van der Waals surface area contributed by atoms with Crippen molar-refractivity contribution in [2.45, 2.75) is 38.2 Å². The maximum atomic E-state index is 5.79. The number of rotatable bonds is 12. The molecule has 8 heteroatoms. The van der Waals surface area contributed by atoms with Crippen LogP contribution < -0.4 is 10.6 Å². The second-order valence-electron chi connectivity index (χ2n) is 7.01. The van der Waals surface area contributed by atoms with Crippen molar-refractivity contribution in [3.63, 3.8) is 0 Å². The molecule has 1 aliphatic heterocycles. The predicted octanol–water partition coefficient (Wildman–Crippen LogP) is 2.51. The van der Waals surface area contributed by atoms with Crippen LogP contribution in [-0.4, -0.2) is 77.1 Å². The molecular weight excluding hydrogens is 471 g/mol. The third kappa shape index (κ3) is 11.2. The molecule has 1 aromatic heterocycles. The summed E-state index contributed by atoms with van der Waals surface area (Å²) in [6, 6.07) is 3.92. The molecular formula is C20H37IN4O3. The number of furan rings is 1. The summed E-state index contributed by atoms with van der Waals surface area (Å²) in [5.74, 6) is 1.83. The lowest BCUT2D eigenvalue weighted by Crippen LogP contribution is -2.42. The highest BCUT2D eigenvalue weighted by atomic mass is 127. The number of halogens is 1. The molecule has 2 N–H and O–H groups in total. The number of hydrogen-bond acceptors (Lipinski definition) is 5. The lowest BCUT2D eigenvalue weighted by molar-refractivity contribution is 0.0224. The summed E-state index contributed by atoms with van der Waals surface area (Å²) in [4.78, 5) is 7.04. The molecule has 0 spiro atoms. The zero-order chi connectivity index (χ0) is 19.2. The second kappa shape index (κ2) is 16.0. The Bertz CT molecular complexity index is 508. The molecule has 1 saturated heterocycles. The highest BCUT2D eigenvalue weighted by Gasteiger charge is 2.13. The lowest BCUT2D eigenvalue weighted by atomic mass is 10.1. The van der Waals surface area contributed by atoms with Gasteiger partial charge in [-0.1, -0.05) is 0 Å². The highest BCUT2D eigenvalue weighted by molar-refractivity contribution is 14.0. The van der Waals surface area contributed by atoms with E-state index in [0.717, 1.165) is 70.4 Å². The van der Waals surface area contributed by atoms with Gasteiger partial charge in [-0.2, -0.15) is 0 Å². The first-order chi connectivity index (χ1) is 13.3. The van der Waals surface area contributed by atoms with Crippen molar-refractivity contribution in [3.8, 4) is 0 Å². The Morgan fingerprint density at radius 3 is 2.86 bits per heavy atom. The van der Waals surface area contributed by atoms with E-state index in [0.29, 0.717) is 6.54 Å². The summed E-state index contributed by atoms with van der Waals surface area (Å²) in [7, 11) is 3.88. The summed E-state index contributed by atoms with van der Waals surface area (Å²) in [5, 5.41) is 6.85. The van der Waals surface area contributed by atoms with Crippen LogP contribution in [0, 0.1) is 0 Å². The largest absolute Gasteiger partial charge is 0.469 e. The number of likely N-dealkylation sites (N-methyl/N-ethyl adjacent to an activating group) is 1. The normalized spacial score (nSPS) is 17.4. The Hall–Kier alpha value is -0.840. The minimum atomic E-state index is 0. The number of nitrogens with one attached hydrogen (secondary N) is 2. The van der Waals surface area contributed by atoms with Crippen LogP contribution in [0.3, 0.4) is 0 Å². The van der Waals surface area contributed by atoms with Crippen molar-refractivity contribution < 1.29 is 13.9 Å². The quantitative estimate of drug-likeness (QED) is 0.196. The number of nitrogens with zero attached hydrogens (tertiary/aromatic N) is 2. The molecule has 0 aliphatic carbocycles. The first kappa shape index (κ1) is 25.2. The molecule has 0 bridgehead atoms. The molecule has 2 heterocycles. The van der Waals surface area contributed by atoms with E-state index >= 15 is 0 Å². The molecule has 1 atom stereocenters. The molecule has 1 fully saturated rings. The number of ether oxygens (including phenoxy) is 2. The van der Waals surface area contributed by atoms with E-state index in [1.165, 1.54) is 12.8 Å². The van der Waals surface area contributed by atoms with Crippen LogP contribution in [0.4, 0.5) is 0 Å². The molecule has 162 valence electrons. The number of guanidine groups is 1. The van der Waals surface area contributed by atoms with Gasteiger partial charge in [-0.3, -0.25) is 4.99 Å². The van der Waals surface area contributed by atoms with E-state index in [9.17, 15) is 0 Å². The molecule has 1 aromatic rings. The van der Waals surface area contributed by atoms with Gasteiger partial charge in [-0.25, -0.2) is 0 Å². The molecule has 1 aliphatic rings. The van der Waals surface area contributed by atoms with E-state index in [1.807, 2.05) is 12.1 Å². The fourth-order valence-electron chi connectivity index (χ4n) is 3.03. The van der Waals surface area contributed by atoms with Crippen LogP contribution in [0.25, 0.3) is 0 Å². The summed E-state index contributed by atoms with van der Waals surface area (Å²) < 4.78 is 16.3. The first-order valence-corrected chi connectivity index (χ1v) is 10.1. The van der Waals surface area contributed by atoms with Gasteiger partial charge in [0.2, 0.25) is 0 Å². The van der Waals surface area contributed by atoms with Crippen LogP contribution in [0.15, 0.2) is 27.8 Å². The zero-order valence-corrected chi connectivity index (χ0v) is 19.7. The third-order valence-electron chi connectivity index (χ3n) is 4.65. The van der Waals surface area contributed by atoms with Crippen LogP contribution in [0.2, 0.25) is 0 Å². The van der Waals surface area contributed by atoms with Crippen molar-refractivity contribution >= 4 is 29.9 Å². The molecule has 0 saturated carbocycles. The standard InChI is InChI=1S/C20H36N4O3.HI/c1-24(12-6-14-25-2)13-11-22-20(21-10-9-18-8-5-16-26-18)23-17-19-7-3-4-15-27-19;/h5,8,16,19H,3-4,6-7,9-15,17H2,1-2H3,(H2,21,22,23);1H. The smallest absolute Gasteiger partial charge is 0.191 e. The first-order valence-electron chi connectivity index (χ1n) is 10.1. The summed E-state index contributed by atoms with van der Waals surface area (Å²) in [5.41, 5.74) is 0. The predicted molar refractivity (Wildman–Crippen MR) is 124 cm³/mol. The third-order valence-corrected chi connectivity index (χ3v) is 4.65. The summed E-state index contributed by atoms with van der Waals surface area (Å²) in [6.45, 7) is 6.00. The Morgan fingerprint density at radius 2 is 2.14 bits per heavy atom. The average Bonchev–Trinajstić information content (AvgIpc) is 3.20. The van der Waals surface area contributed by atoms with E-state index in [-0.39, 0.29) is 30.1 Å². The minimum absolute atomic E-state index is 0. The lowest BCUT2D eigenvalue weighted by Gasteiger charge is -2.22. The molecule has 0 aromatic carbocycles. The second-order valence-corrected chi connectivity index (χ2v) is 7.01. The molecule has 0 radical (unpaired) electrons. The van der Waals surface area contributed by atoms with Gasteiger partial charge in [0.25, 0.3) is 0 Å². The number of methoxy groups -OCH3 is 1. The Morgan fingerprint density at radius 1 is 1.29 bits per heavy atom. The van der Waals surface area contributed by atoms with Crippen LogP contribution in [0.1, 0.15) is 31.4 Å². The maximum absolute atomic E-state index is 5.79. The molecule has 28 heavy (non-hydrogen) atoms. The summed E-state index contributed by atoms with van der Waals surface area (Å²) in [6.07, 6.45) is 7.36. The van der Waals surface area contributed by atoms with Crippen molar-refractivity contribution in [3.05, 3.63) is 24.2 Å². The van der Waals surface area contributed by atoms with E-state index in [2.05, 4.69) is 22.6 Å². The molecule has 0 amide bonds. The monoisotopic (exact) mass is 508 g/mol. The SMILES string of the molecule is COCCCN(C)CCNC(=NCC1CCCCO1)NCCc1ccco1.I. The van der Waals surface area contributed by atoms with Crippen molar-refractivity contribution in [2.24, 2.45) is 4.99 Å². The van der Waals surface area contributed by atoms with E-state index < -0.39 is 0 Å². The molecule has 2 rings (SSSR count). The zero-order valence-electron chi connectivity index (χ0n) is 17.3. The Labute approximate surface area is 186 Å². The number of hydrogen-bond donors (Lipinski definition) is 2. The Kier molecular flexibility index (Phi) is 14.4. The van der Waals surface area contributed by atoms with Gasteiger partial charge >= 0.3 is 0 Å². The van der Waals surface area contributed by atoms with Crippen molar-refractivity contribution in [2.75, 3.05) is 60.1 Å². The molecule has 7 nitrogen and oxygen atoms in total. The number of aliphatic imine (C=N–C) groups is 1.